The van der Waals surface area contributed by atoms with Gasteiger partial charge in [-0.15, -0.1) is 0 Å². The van der Waals surface area contributed by atoms with E-state index in [2.05, 4.69) is 6.92 Å². The van der Waals surface area contributed by atoms with E-state index in [1.54, 1.807) is 6.08 Å². The lowest BCUT2D eigenvalue weighted by molar-refractivity contribution is -0.136. The summed E-state index contributed by atoms with van der Waals surface area (Å²) < 4.78 is 4.72. The highest BCUT2D eigenvalue weighted by Crippen LogP contribution is 2.31. The molecule has 2 unspecified atom stereocenters. The number of rotatable bonds is 5. The number of carbonyl (C=O) groups is 2. The maximum Gasteiger partial charge on any atom is 0.333 e. The minimum absolute atomic E-state index is 0.204. The van der Waals surface area contributed by atoms with Gasteiger partial charge in [-0.1, -0.05) is 18.6 Å². The van der Waals surface area contributed by atoms with Gasteiger partial charge in [0.05, 0.1) is 7.11 Å². The summed E-state index contributed by atoms with van der Waals surface area (Å²) in [5, 5.41) is 0. The second kappa shape index (κ2) is 7.27. The Morgan fingerprint density at radius 3 is 2.63 bits per heavy atom. The zero-order valence-electron chi connectivity index (χ0n) is 12.4. The Morgan fingerprint density at radius 2 is 2.16 bits per heavy atom. The highest BCUT2D eigenvalue weighted by atomic mass is 16.5. The van der Waals surface area contributed by atoms with Crippen LogP contribution in [0, 0.1) is 11.8 Å². The molecular formula is C16H24O3. The van der Waals surface area contributed by atoms with Gasteiger partial charge in [0, 0.05) is 12.0 Å². The van der Waals surface area contributed by atoms with Crippen molar-refractivity contribution in [1.82, 2.24) is 0 Å². The standard InChI is InChI=1S/C16H24O3/c1-11(2)9-15(17)10-12(3)13-5-7-14(8-6-13)16(18)19-4/h7,9,12-13H,5-6,8,10H2,1-4H3. The maximum absolute atomic E-state index is 11.8. The van der Waals surface area contributed by atoms with E-state index in [-0.39, 0.29) is 11.8 Å². The van der Waals surface area contributed by atoms with Crippen molar-refractivity contribution >= 4 is 11.8 Å². The molecule has 0 amide bonds. The van der Waals surface area contributed by atoms with Crippen molar-refractivity contribution in [2.45, 2.75) is 46.5 Å². The minimum atomic E-state index is -0.216. The Balaban J connectivity index is 2.51. The fourth-order valence-electron chi connectivity index (χ4n) is 2.55. The van der Waals surface area contributed by atoms with Crippen molar-refractivity contribution < 1.29 is 14.3 Å². The van der Waals surface area contributed by atoms with Crippen LogP contribution in [0.1, 0.15) is 46.5 Å². The maximum atomic E-state index is 11.8. The van der Waals surface area contributed by atoms with Gasteiger partial charge in [-0.05, 0) is 51.0 Å². The largest absolute Gasteiger partial charge is 0.466 e. The molecule has 0 saturated carbocycles. The van der Waals surface area contributed by atoms with E-state index in [1.807, 2.05) is 19.9 Å². The highest BCUT2D eigenvalue weighted by molar-refractivity contribution is 5.90. The van der Waals surface area contributed by atoms with E-state index < -0.39 is 0 Å². The third kappa shape index (κ3) is 5.01. The predicted octanol–water partition coefficient (Wildman–Crippen LogP) is 3.45. The molecule has 3 nitrogen and oxygen atoms in total. The van der Waals surface area contributed by atoms with Gasteiger partial charge in [0.1, 0.15) is 0 Å². The van der Waals surface area contributed by atoms with Crippen LogP contribution in [0.5, 0.6) is 0 Å². The fraction of sp³-hybridized carbons (Fsp3) is 0.625. The van der Waals surface area contributed by atoms with Crippen LogP contribution in [-0.4, -0.2) is 18.9 Å². The normalized spacial score (nSPS) is 20.2. The molecule has 2 atom stereocenters. The number of ether oxygens (including phenoxy) is 1. The Morgan fingerprint density at radius 1 is 1.47 bits per heavy atom. The van der Waals surface area contributed by atoms with Crippen LogP contribution in [0.15, 0.2) is 23.3 Å². The van der Waals surface area contributed by atoms with Crippen LogP contribution >= 0.6 is 0 Å². The van der Waals surface area contributed by atoms with Crippen LogP contribution in [0.25, 0.3) is 0 Å². The van der Waals surface area contributed by atoms with Gasteiger partial charge in [-0.3, -0.25) is 4.79 Å². The zero-order valence-corrected chi connectivity index (χ0v) is 12.4. The van der Waals surface area contributed by atoms with Crippen molar-refractivity contribution in [3.8, 4) is 0 Å². The average molecular weight is 264 g/mol. The molecule has 0 aromatic carbocycles. The lowest BCUT2D eigenvalue weighted by Gasteiger charge is -2.26. The van der Waals surface area contributed by atoms with Crippen LogP contribution in [0.2, 0.25) is 0 Å². The smallest absolute Gasteiger partial charge is 0.333 e. The molecule has 0 aliphatic heterocycles. The molecule has 0 fully saturated rings. The van der Waals surface area contributed by atoms with E-state index in [1.165, 1.54) is 7.11 Å². The number of hydrogen-bond donors (Lipinski definition) is 0. The van der Waals surface area contributed by atoms with Crippen molar-refractivity contribution in [1.29, 1.82) is 0 Å². The molecule has 0 bridgehead atoms. The van der Waals surface area contributed by atoms with Gasteiger partial charge in [-0.2, -0.15) is 0 Å². The monoisotopic (exact) mass is 264 g/mol. The molecule has 0 heterocycles. The summed E-state index contributed by atoms with van der Waals surface area (Å²) in [5.74, 6) is 0.837. The summed E-state index contributed by atoms with van der Waals surface area (Å²) in [4.78, 5) is 23.1. The SMILES string of the molecule is COC(=O)C1=CCC(C(C)CC(=O)C=C(C)C)CC1. The lowest BCUT2D eigenvalue weighted by atomic mass is 9.79. The van der Waals surface area contributed by atoms with Crippen molar-refractivity contribution in [2.75, 3.05) is 7.11 Å². The quantitative estimate of drug-likeness (QED) is 0.564. The molecule has 0 spiro atoms. The lowest BCUT2D eigenvalue weighted by Crippen LogP contribution is -2.19. The molecule has 0 saturated heterocycles. The van der Waals surface area contributed by atoms with Crippen LogP contribution < -0.4 is 0 Å². The number of ketones is 1. The molecule has 19 heavy (non-hydrogen) atoms. The first-order chi connectivity index (χ1) is 8.93. The van der Waals surface area contributed by atoms with Gasteiger partial charge >= 0.3 is 5.97 Å². The number of esters is 1. The second-order valence-corrected chi connectivity index (χ2v) is 5.62. The van der Waals surface area contributed by atoms with E-state index in [0.29, 0.717) is 18.3 Å². The first-order valence-corrected chi connectivity index (χ1v) is 6.89. The fourth-order valence-corrected chi connectivity index (χ4v) is 2.55. The van der Waals surface area contributed by atoms with Gasteiger partial charge < -0.3 is 4.74 Å². The van der Waals surface area contributed by atoms with Gasteiger partial charge in [0.2, 0.25) is 0 Å². The van der Waals surface area contributed by atoms with Gasteiger partial charge in [0.25, 0.3) is 0 Å². The van der Waals surface area contributed by atoms with Crippen LogP contribution in [0.3, 0.4) is 0 Å². The van der Waals surface area contributed by atoms with Crippen molar-refractivity contribution in [3.63, 3.8) is 0 Å². The molecular weight excluding hydrogens is 240 g/mol. The molecule has 0 aromatic heterocycles. The van der Waals surface area contributed by atoms with Crippen molar-refractivity contribution in [3.05, 3.63) is 23.3 Å². The summed E-state index contributed by atoms with van der Waals surface area (Å²) in [6, 6.07) is 0. The second-order valence-electron chi connectivity index (χ2n) is 5.62. The third-order valence-corrected chi connectivity index (χ3v) is 3.68. The minimum Gasteiger partial charge on any atom is -0.466 e. The van der Waals surface area contributed by atoms with Crippen molar-refractivity contribution in [2.24, 2.45) is 11.8 Å². The van der Waals surface area contributed by atoms with E-state index in [4.69, 9.17) is 4.74 Å². The van der Waals surface area contributed by atoms with E-state index in [0.717, 1.165) is 30.4 Å². The zero-order chi connectivity index (χ0) is 14.4. The molecule has 3 heteroatoms. The average Bonchev–Trinajstić information content (AvgIpc) is 2.36. The Kier molecular flexibility index (Phi) is 6.00. The molecule has 0 N–H and O–H groups in total. The molecule has 106 valence electrons. The van der Waals surface area contributed by atoms with E-state index >= 15 is 0 Å². The molecule has 1 aliphatic carbocycles. The summed E-state index contributed by atoms with van der Waals surface area (Å²) in [6.07, 6.45) is 6.88. The number of methoxy groups -OCH3 is 1. The summed E-state index contributed by atoms with van der Waals surface area (Å²) in [7, 11) is 1.41. The third-order valence-electron chi connectivity index (χ3n) is 3.68. The topological polar surface area (TPSA) is 43.4 Å². The van der Waals surface area contributed by atoms with Gasteiger partial charge in [0.15, 0.2) is 5.78 Å². The molecule has 1 rings (SSSR count). The van der Waals surface area contributed by atoms with Gasteiger partial charge in [-0.25, -0.2) is 4.79 Å². The molecule has 0 radical (unpaired) electrons. The summed E-state index contributed by atoms with van der Waals surface area (Å²) in [6.45, 7) is 6.00. The van der Waals surface area contributed by atoms with Crippen LogP contribution in [-0.2, 0) is 14.3 Å². The highest BCUT2D eigenvalue weighted by Gasteiger charge is 2.24. The summed E-state index contributed by atoms with van der Waals surface area (Å²) >= 11 is 0. The molecule has 0 aromatic rings. The number of allylic oxidation sites excluding steroid dienone is 3. The Bertz CT molecular complexity index is 400. The van der Waals surface area contributed by atoms with Crippen LogP contribution in [0.4, 0.5) is 0 Å². The first kappa shape index (κ1) is 15.7. The Labute approximate surface area is 115 Å². The first-order valence-electron chi connectivity index (χ1n) is 6.89. The summed E-state index contributed by atoms with van der Waals surface area (Å²) in [5.41, 5.74) is 1.83. The number of hydrogen-bond acceptors (Lipinski definition) is 3. The molecule has 1 aliphatic rings. The Hall–Kier alpha value is -1.38. The predicted molar refractivity (Wildman–Crippen MR) is 75.7 cm³/mol. The number of carbonyl (C=O) groups excluding carboxylic acids is 2. The van der Waals surface area contributed by atoms with E-state index in [9.17, 15) is 9.59 Å².